The third kappa shape index (κ3) is 3.99. The maximum atomic E-state index is 12.1. The first-order valence-corrected chi connectivity index (χ1v) is 7.61. The molecule has 1 aromatic carbocycles. The number of carboxylic acid groups (broad SMARTS) is 1. The van der Waals surface area contributed by atoms with E-state index < -0.39 is 12.0 Å². The van der Waals surface area contributed by atoms with Gasteiger partial charge in [0.1, 0.15) is 6.26 Å². The zero-order chi connectivity index (χ0) is 15.4. The highest BCUT2D eigenvalue weighted by molar-refractivity contribution is 9.10. The summed E-state index contributed by atoms with van der Waals surface area (Å²) >= 11 is 4.82. The lowest BCUT2D eigenvalue weighted by Crippen LogP contribution is -2.13. The number of thioether (sulfide) groups is 1. The molecule has 0 aliphatic rings. The molecular formula is C12H10BrN3O4S. The van der Waals surface area contributed by atoms with E-state index in [0.29, 0.717) is 5.69 Å². The monoisotopic (exact) mass is 371 g/mol. The van der Waals surface area contributed by atoms with E-state index in [-0.39, 0.29) is 11.7 Å². The lowest BCUT2D eigenvalue weighted by atomic mass is 10.3. The van der Waals surface area contributed by atoms with E-state index in [1.54, 1.807) is 6.07 Å². The first-order valence-electron chi connectivity index (χ1n) is 5.60. The summed E-state index contributed by atoms with van der Waals surface area (Å²) in [5, 5.41) is 13.1. The number of benzene rings is 1. The SMILES string of the molecule is CSc1ccc(Br)cc1NC(=O)c1coc(NC(=O)O)n1. The van der Waals surface area contributed by atoms with Gasteiger partial charge in [-0.25, -0.2) is 10.1 Å². The Kier molecular flexibility index (Phi) is 4.86. The molecule has 3 N–H and O–H groups in total. The second-order valence-corrected chi connectivity index (χ2v) is 5.53. The average molecular weight is 372 g/mol. The minimum atomic E-state index is -1.32. The van der Waals surface area contributed by atoms with Crippen molar-refractivity contribution in [1.82, 2.24) is 4.98 Å². The summed E-state index contributed by atoms with van der Waals surface area (Å²) in [6, 6.07) is 5.24. The number of oxazole rings is 1. The van der Waals surface area contributed by atoms with Crippen LogP contribution in [-0.4, -0.2) is 28.3 Å². The molecule has 0 saturated carbocycles. The fourth-order valence-electron chi connectivity index (χ4n) is 1.49. The number of hydrogen-bond donors (Lipinski definition) is 3. The van der Waals surface area contributed by atoms with Crippen LogP contribution in [0.4, 0.5) is 16.5 Å². The molecule has 2 amide bonds. The highest BCUT2D eigenvalue weighted by Crippen LogP contribution is 2.28. The number of nitrogens with zero attached hydrogens (tertiary/aromatic N) is 1. The molecule has 1 aromatic heterocycles. The molecule has 0 radical (unpaired) electrons. The van der Waals surface area contributed by atoms with Crippen LogP contribution in [0.5, 0.6) is 0 Å². The van der Waals surface area contributed by atoms with Crippen molar-refractivity contribution in [1.29, 1.82) is 0 Å². The van der Waals surface area contributed by atoms with Gasteiger partial charge in [-0.05, 0) is 24.5 Å². The van der Waals surface area contributed by atoms with Gasteiger partial charge in [-0.15, -0.1) is 11.8 Å². The van der Waals surface area contributed by atoms with E-state index >= 15 is 0 Å². The number of amides is 2. The van der Waals surface area contributed by atoms with Crippen LogP contribution in [0.3, 0.4) is 0 Å². The minimum absolute atomic E-state index is 0.0224. The van der Waals surface area contributed by atoms with Crippen LogP contribution in [0.2, 0.25) is 0 Å². The van der Waals surface area contributed by atoms with Crippen molar-refractivity contribution in [2.45, 2.75) is 4.90 Å². The Morgan fingerprint density at radius 1 is 1.38 bits per heavy atom. The molecule has 0 aliphatic heterocycles. The Morgan fingerprint density at radius 3 is 2.81 bits per heavy atom. The molecule has 1 heterocycles. The Morgan fingerprint density at radius 2 is 2.14 bits per heavy atom. The lowest BCUT2D eigenvalue weighted by Gasteiger charge is -2.08. The summed E-state index contributed by atoms with van der Waals surface area (Å²) in [7, 11) is 0. The Labute approximate surface area is 132 Å². The summed E-state index contributed by atoms with van der Waals surface area (Å²) in [6.45, 7) is 0. The van der Waals surface area contributed by atoms with Crippen molar-refractivity contribution < 1.29 is 19.1 Å². The molecular weight excluding hydrogens is 362 g/mol. The summed E-state index contributed by atoms with van der Waals surface area (Å²) in [6.07, 6.45) is 1.65. The molecule has 0 saturated heterocycles. The number of halogens is 1. The largest absolute Gasteiger partial charge is 0.465 e. The van der Waals surface area contributed by atoms with E-state index in [1.807, 2.05) is 23.7 Å². The highest BCUT2D eigenvalue weighted by atomic mass is 79.9. The fourth-order valence-corrected chi connectivity index (χ4v) is 2.39. The number of rotatable bonds is 4. The van der Waals surface area contributed by atoms with Crippen LogP contribution < -0.4 is 10.6 Å². The number of carbonyl (C=O) groups is 2. The van der Waals surface area contributed by atoms with Gasteiger partial charge in [-0.3, -0.25) is 4.79 Å². The van der Waals surface area contributed by atoms with E-state index in [0.717, 1.165) is 15.6 Å². The molecule has 110 valence electrons. The van der Waals surface area contributed by atoms with Gasteiger partial charge >= 0.3 is 12.1 Å². The van der Waals surface area contributed by atoms with Crippen LogP contribution >= 0.6 is 27.7 Å². The zero-order valence-corrected chi connectivity index (χ0v) is 13.1. The first-order chi connectivity index (χ1) is 9.99. The molecule has 2 rings (SSSR count). The Balaban J connectivity index is 2.16. The van der Waals surface area contributed by atoms with Gasteiger partial charge in [0, 0.05) is 9.37 Å². The minimum Gasteiger partial charge on any atom is -0.465 e. The summed E-state index contributed by atoms with van der Waals surface area (Å²) < 4.78 is 5.66. The summed E-state index contributed by atoms with van der Waals surface area (Å²) in [5.41, 5.74) is 0.600. The lowest BCUT2D eigenvalue weighted by molar-refractivity contribution is 0.102. The third-order valence-electron chi connectivity index (χ3n) is 2.36. The molecule has 2 aromatic rings. The molecule has 9 heteroatoms. The topological polar surface area (TPSA) is 104 Å². The molecule has 0 atom stereocenters. The van der Waals surface area contributed by atoms with E-state index in [2.05, 4.69) is 26.2 Å². The summed E-state index contributed by atoms with van der Waals surface area (Å²) in [5.74, 6) is -0.495. The van der Waals surface area contributed by atoms with Gasteiger partial charge in [0.2, 0.25) is 0 Å². The fraction of sp³-hybridized carbons (Fsp3) is 0.0833. The molecule has 0 aliphatic carbocycles. The van der Waals surface area contributed by atoms with Gasteiger partial charge in [0.15, 0.2) is 5.69 Å². The average Bonchev–Trinajstić information content (AvgIpc) is 2.86. The second kappa shape index (κ2) is 6.64. The first kappa shape index (κ1) is 15.4. The maximum Gasteiger partial charge on any atom is 0.412 e. The quantitative estimate of drug-likeness (QED) is 0.710. The number of hydrogen-bond acceptors (Lipinski definition) is 5. The number of carbonyl (C=O) groups excluding carboxylic acids is 1. The van der Waals surface area contributed by atoms with E-state index in [4.69, 9.17) is 9.52 Å². The molecule has 0 spiro atoms. The van der Waals surface area contributed by atoms with Crippen molar-refractivity contribution in [3.63, 3.8) is 0 Å². The van der Waals surface area contributed by atoms with Crippen molar-refractivity contribution in [2.75, 3.05) is 16.9 Å². The molecule has 0 bridgehead atoms. The third-order valence-corrected chi connectivity index (χ3v) is 3.65. The van der Waals surface area contributed by atoms with Crippen LogP contribution in [0, 0.1) is 0 Å². The van der Waals surface area contributed by atoms with Gasteiger partial charge in [0.25, 0.3) is 5.91 Å². The summed E-state index contributed by atoms with van der Waals surface area (Å²) in [4.78, 5) is 27.1. The maximum absolute atomic E-state index is 12.1. The van der Waals surface area contributed by atoms with E-state index in [9.17, 15) is 9.59 Å². The van der Waals surface area contributed by atoms with Crippen LogP contribution in [0.15, 0.2) is 38.2 Å². The Hall–Kier alpha value is -2.00. The number of nitrogens with one attached hydrogen (secondary N) is 2. The van der Waals surface area contributed by atoms with Crippen molar-refractivity contribution in [3.8, 4) is 0 Å². The Bertz CT molecular complexity index is 689. The van der Waals surface area contributed by atoms with Crippen molar-refractivity contribution >= 4 is 51.4 Å². The number of aromatic nitrogens is 1. The predicted molar refractivity (Wildman–Crippen MR) is 82.0 cm³/mol. The number of anilines is 2. The standard InChI is InChI=1S/C12H10BrN3O4S/c1-21-9-3-2-6(13)4-7(9)14-10(17)8-5-20-11(15-8)16-12(18)19/h2-5H,1H3,(H,14,17)(H,15,16)(H,18,19). The predicted octanol–water partition coefficient (Wildman–Crippen LogP) is 3.50. The second-order valence-electron chi connectivity index (χ2n) is 3.77. The molecule has 0 fully saturated rings. The van der Waals surface area contributed by atoms with Crippen molar-refractivity contribution in [3.05, 3.63) is 34.6 Å². The normalized spacial score (nSPS) is 10.2. The molecule has 7 nitrogen and oxygen atoms in total. The van der Waals surface area contributed by atoms with Gasteiger partial charge in [0.05, 0.1) is 5.69 Å². The smallest absolute Gasteiger partial charge is 0.412 e. The molecule has 21 heavy (non-hydrogen) atoms. The highest BCUT2D eigenvalue weighted by Gasteiger charge is 2.15. The van der Waals surface area contributed by atoms with Gasteiger partial charge in [-0.2, -0.15) is 4.98 Å². The van der Waals surface area contributed by atoms with Crippen LogP contribution in [0.25, 0.3) is 0 Å². The molecule has 0 unspecified atom stereocenters. The zero-order valence-electron chi connectivity index (χ0n) is 10.7. The van der Waals surface area contributed by atoms with Crippen LogP contribution in [-0.2, 0) is 0 Å². The van der Waals surface area contributed by atoms with E-state index in [1.165, 1.54) is 11.8 Å². The van der Waals surface area contributed by atoms with Crippen LogP contribution in [0.1, 0.15) is 10.5 Å². The van der Waals surface area contributed by atoms with Gasteiger partial charge < -0.3 is 14.8 Å². The van der Waals surface area contributed by atoms with Gasteiger partial charge in [-0.1, -0.05) is 15.9 Å². The van der Waals surface area contributed by atoms with Crippen molar-refractivity contribution in [2.24, 2.45) is 0 Å².